The van der Waals surface area contributed by atoms with Gasteiger partial charge in [0.15, 0.2) is 17.6 Å². The van der Waals surface area contributed by atoms with E-state index in [2.05, 4.69) is 6.07 Å². The number of hydrogen-bond donors (Lipinski definition) is 0. The Morgan fingerprint density at radius 1 is 1.23 bits per heavy atom. The molecule has 0 saturated heterocycles. The molecule has 1 aliphatic heterocycles. The summed E-state index contributed by atoms with van der Waals surface area (Å²) in [6, 6.07) is 4.54. The van der Waals surface area contributed by atoms with Crippen LogP contribution in [0.2, 0.25) is 0 Å². The van der Waals surface area contributed by atoms with Gasteiger partial charge >= 0.3 is 5.97 Å². The van der Waals surface area contributed by atoms with Crippen LogP contribution < -0.4 is 9.47 Å². The van der Waals surface area contributed by atoms with E-state index in [4.69, 9.17) is 14.2 Å². The smallest absolute Gasteiger partial charge is 0.346 e. The molecular weight excluding hydrogens is 394 g/mol. The van der Waals surface area contributed by atoms with Crippen LogP contribution in [0.4, 0.5) is 5.69 Å². The molecule has 0 radical (unpaired) electrons. The van der Waals surface area contributed by atoms with E-state index in [0.717, 1.165) is 25.3 Å². The Bertz CT molecular complexity index is 902. The highest BCUT2D eigenvalue weighted by Crippen LogP contribution is 2.37. The number of hydrogen-bond acceptors (Lipinski definition) is 8. The van der Waals surface area contributed by atoms with E-state index in [1.807, 2.05) is 0 Å². The number of ether oxygens (including phenoxy) is 3. The maximum Gasteiger partial charge on any atom is 0.346 e. The molecule has 1 amide bonds. The highest BCUT2D eigenvalue weighted by Gasteiger charge is 2.41. The van der Waals surface area contributed by atoms with Crippen molar-refractivity contribution in [3.8, 4) is 17.6 Å². The van der Waals surface area contributed by atoms with Crippen LogP contribution in [0.3, 0.4) is 0 Å². The fourth-order valence-corrected chi connectivity index (χ4v) is 3.81. The molecule has 30 heavy (non-hydrogen) atoms. The zero-order valence-corrected chi connectivity index (χ0v) is 16.9. The molecule has 0 aromatic heterocycles. The van der Waals surface area contributed by atoms with Crippen molar-refractivity contribution in [2.75, 3.05) is 20.3 Å². The molecule has 1 heterocycles. The van der Waals surface area contributed by atoms with E-state index < -0.39 is 34.1 Å². The lowest BCUT2D eigenvalue weighted by molar-refractivity contribution is -0.385. The quantitative estimate of drug-likeness (QED) is 0.406. The summed E-state index contributed by atoms with van der Waals surface area (Å²) >= 11 is 0. The van der Waals surface area contributed by atoms with Gasteiger partial charge in [0.25, 0.3) is 11.6 Å². The number of nitriles is 1. The maximum absolute atomic E-state index is 12.8. The van der Waals surface area contributed by atoms with Crippen molar-refractivity contribution in [3.63, 3.8) is 0 Å². The fraction of sp³-hybridized carbons (Fsp3) is 0.550. The van der Waals surface area contributed by atoms with E-state index >= 15 is 0 Å². The van der Waals surface area contributed by atoms with Crippen LogP contribution in [0.5, 0.6) is 11.5 Å². The Labute approximate surface area is 173 Å². The summed E-state index contributed by atoms with van der Waals surface area (Å²) in [6.45, 7) is 1.87. The Morgan fingerprint density at radius 2 is 1.83 bits per heavy atom. The van der Waals surface area contributed by atoms with Crippen LogP contribution in [0.15, 0.2) is 12.1 Å². The first-order chi connectivity index (χ1) is 14.3. The van der Waals surface area contributed by atoms with Gasteiger partial charge in [0, 0.05) is 13.1 Å². The number of fused-ring (bicyclic) bond motifs is 1. The highest BCUT2D eigenvalue weighted by atomic mass is 16.6. The summed E-state index contributed by atoms with van der Waals surface area (Å²) in [5, 5.41) is 21.1. The SMILES string of the molecule is C[C@H](OC(=O)c1cc2c(cc1[N+](=O)[O-])OCCO2)C(=O)N(C)C1(C#N)CCCCC1. The predicted octanol–water partition coefficient (Wildman–Crippen LogP) is 2.60. The molecule has 10 heteroatoms. The van der Waals surface area contributed by atoms with E-state index in [1.165, 1.54) is 24.9 Å². The molecule has 3 rings (SSSR count). The first kappa shape index (κ1) is 21.4. The summed E-state index contributed by atoms with van der Waals surface area (Å²) in [6.07, 6.45) is 2.57. The first-order valence-electron chi connectivity index (χ1n) is 9.77. The second kappa shape index (κ2) is 8.57. The third-order valence-corrected chi connectivity index (χ3v) is 5.57. The number of likely N-dealkylation sites (N-methyl/N-ethyl adjacent to an activating group) is 1. The van der Waals surface area contributed by atoms with Gasteiger partial charge in [0.2, 0.25) is 0 Å². The predicted molar refractivity (Wildman–Crippen MR) is 103 cm³/mol. The Balaban J connectivity index is 1.79. The van der Waals surface area contributed by atoms with E-state index in [-0.39, 0.29) is 30.3 Å². The van der Waals surface area contributed by atoms with Crippen molar-refractivity contribution in [1.29, 1.82) is 5.26 Å². The summed E-state index contributed by atoms with van der Waals surface area (Å²) in [7, 11) is 1.52. The third kappa shape index (κ3) is 4.01. The van der Waals surface area contributed by atoms with Gasteiger partial charge in [-0.15, -0.1) is 0 Å². The zero-order chi connectivity index (χ0) is 21.9. The number of nitrogens with zero attached hydrogens (tertiary/aromatic N) is 3. The van der Waals surface area contributed by atoms with Crippen molar-refractivity contribution >= 4 is 17.6 Å². The summed E-state index contributed by atoms with van der Waals surface area (Å²) in [5.41, 5.74) is -1.77. The summed E-state index contributed by atoms with van der Waals surface area (Å²) in [4.78, 5) is 37.5. The molecule has 0 unspecified atom stereocenters. The molecule has 2 aliphatic rings. The molecule has 0 spiro atoms. The standard InChI is InChI=1S/C20H23N3O7/c1-13(18(24)22(2)20(12-21)6-4-3-5-7-20)30-19(25)14-10-16-17(29-9-8-28-16)11-15(14)23(26)27/h10-11,13H,3-9H2,1-2H3/t13-/m0/s1. The van der Waals surface area contributed by atoms with Gasteiger partial charge in [0.05, 0.1) is 17.1 Å². The Hall–Kier alpha value is -3.35. The monoisotopic (exact) mass is 417 g/mol. The van der Waals surface area contributed by atoms with Crippen molar-refractivity contribution in [1.82, 2.24) is 4.90 Å². The number of nitro benzene ring substituents is 1. The van der Waals surface area contributed by atoms with Gasteiger partial charge in [0.1, 0.15) is 24.3 Å². The molecule has 1 saturated carbocycles. The largest absolute Gasteiger partial charge is 0.486 e. The molecule has 1 atom stereocenters. The van der Waals surface area contributed by atoms with Gasteiger partial charge in [-0.2, -0.15) is 5.26 Å². The molecule has 0 bridgehead atoms. The number of carbonyl (C=O) groups excluding carboxylic acids is 2. The number of amides is 1. The van der Waals surface area contributed by atoms with Crippen LogP contribution in [-0.4, -0.2) is 53.6 Å². The zero-order valence-electron chi connectivity index (χ0n) is 16.9. The second-order valence-electron chi connectivity index (χ2n) is 7.42. The molecule has 160 valence electrons. The first-order valence-corrected chi connectivity index (χ1v) is 9.77. The average molecular weight is 417 g/mol. The number of benzene rings is 1. The number of rotatable bonds is 5. The van der Waals surface area contributed by atoms with Crippen LogP contribution in [0.1, 0.15) is 49.4 Å². The topological polar surface area (TPSA) is 132 Å². The minimum Gasteiger partial charge on any atom is -0.486 e. The molecule has 10 nitrogen and oxygen atoms in total. The van der Waals surface area contributed by atoms with Gasteiger partial charge in [-0.05, 0) is 19.8 Å². The van der Waals surface area contributed by atoms with Crippen molar-refractivity contribution in [3.05, 3.63) is 27.8 Å². The molecule has 1 aromatic carbocycles. The van der Waals surface area contributed by atoms with Crippen LogP contribution in [-0.2, 0) is 9.53 Å². The Kier molecular flexibility index (Phi) is 6.10. The summed E-state index contributed by atoms with van der Waals surface area (Å²) < 4.78 is 15.9. The number of nitro groups is 1. The molecule has 1 aromatic rings. The molecule has 1 fully saturated rings. The minimum absolute atomic E-state index is 0.168. The van der Waals surface area contributed by atoms with E-state index in [1.54, 1.807) is 0 Å². The van der Waals surface area contributed by atoms with Crippen LogP contribution >= 0.6 is 0 Å². The lowest BCUT2D eigenvalue weighted by atomic mass is 9.81. The van der Waals surface area contributed by atoms with Crippen LogP contribution in [0, 0.1) is 21.4 Å². The van der Waals surface area contributed by atoms with Gasteiger partial charge in [-0.1, -0.05) is 19.3 Å². The Morgan fingerprint density at radius 3 is 2.40 bits per heavy atom. The maximum atomic E-state index is 12.8. The number of carbonyl (C=O) groups is 2. The summed E-state index contributed by atoms with van der Waals surface area (Å²) in [5.74, 6) is -1.20. The molecular formula is C20H23N3O7. The highest BCUT2D eigenvalue weighted by molar-refractivity contribution is 5.96. The van der Waals surface area contributed by atoms with Crippen molar-refractivity contribution in [2.24, 2.45) is 0 Å². The normalized spacial score (nSPS) is 17.9. The lowest BCUT2D eigenvalue weighted by Gasteiger charge is -2.39. The second-order valence-corrected chi connectivity index (χ2v) is 7.42. The van der Waals surface area contributed by atoms with Crippen LogP contribution in [0.25, 0.3) is 0 Å². The van der Waals surface area contributed by atoms with E-state index in [0.29, 0.717) is 12.8 Å². The lowest BCUT2D eigenvalue weighted by Crippen LogP contribution is -2.53. The third-order valence-electron chi connectivity index (χ3n) is 5.57. The van der Waals surface area contributed by atoms with Crippen molar-refractivity contribution in [2.45, 2.75) is 50.7 Å². The van der Waals surface area contributed by atoms with Gasteiger partial charge in [-0.25, -0.2) is 4.79 Å². The van der Waals surface area contributed by atoms with Gasteiger partial charge in [-0.3, -0.25) is 14.9 Å². The molecule has 0 N–H and O–H groups in total. The number of esters is 1. The fourth-order valence-electron chi connectivity index (χ4n) is 3.81. The van der Waals surface area contributed by atoms with Crippen molar-refractivity contribution < 1.29 is 28.7 Å². The van der Waals surface area contributed by atoms with E-state index in [9.17, 15) is 25.0 Å². The average Bonchev–Trinajstić information content (AvgIpc) is 2.77. The minimum atomic E-state index is -1.22. The molecule has 1 aliphatic carbocycles. The van der Waals surface area contributed by atoms with Gasteiger partial charge < -0.3 is 19.1 Å².